The van der Waals surface area contributed by atoms with Gasteiger partial charge in [0.1, 0.15) is 11.6 Å². The van der Waals surface area contributed by atoms with Crippen LogP contribution in [-0.4, -0.2) is 11.0 Å². The number of nitrogens with one attached hydrogen (secondary N) is 1. The van der Waals surface area contributed by atoms with E-state index in [0.717, 1.165) is 5.56 Å². The number of rotatable bonds is 2. The number of hydrogen-bond acceptors (Lipinski definition) is 2. The number of carbonyl (C=O) groups excluding carboxylic acids is 1. The van der Waals surface area contributed by atoms with E-state index < -0.39 is 11.7 Å². The highest BCUT2D eigenvalue weighted by Crippen LogP contribution is 2.21. The number of phenols is 1. The molecule has 0 atom stereocenters. The van der Waals surface area contributed by atoms with Crippen molar-refractivity contribution >= 4 is 34.2 Å². The third-order valence-electron chi connectivity index (χ3n) is 2.51. The Labute approximate surface area is 123 Å². The van der Waals surface area contributed by atoms with Crippen molar-refractivity contribution in [2.24, 2.45) is 0 Å². The maximum atomic E-state index is 13.2. The summed E-state index contributed by atoms with van der Waals surface area (Å²) in [5, 5.41) is 12.1. The van der Waals surface area contributed by atoms with Gasteiger partial charge >= 0.3 is 0 Å². The number of halogens is 2. The molecule has 2 aromatic carbocycles. The van der Waals surface area contributed by atoms with Crippen LogP contribution in [0.5, 0.6) is 5.75 Å². The van der Waals surface area contributed by atoms with Crippen LogP contribution >= 0.6 is 22.6 Å². The predicted molar refractivity (Wildman–Crippen MR) is 79.9 cm³/mol. The van der Waals surface area contributed by atoms with Crippen LogP contribution in [0.3, 0.4) is 0 Å². The van der Waals surface area contributed by atoms with Crippen LogP contribution in [0.4, 0.5) is 10.1 Å². The summed E-state index contributed by atoms with van der Waals surface area (Å²) in [6.07, 6.45) is 0. The molecule has 3 nitrogen and oxygen atoms in total. The molecule has 98 valence electrons. The predicted octanol–water partition coefficient (Wildman–Crippen LogP) is 3.70. The van der Waals surface area contributed by atoms with Crippen molar-refractivity contribution in [1.82, 2.24) is 0 Å². The van der Waals surface area contributed by atoms with Gasteiger partial charge in [0.25, 0.3) is 5.91 Å². The van der Waals surface area contributed by atoms with Gasteiger partial charge in [-0.25, -0.2) is 4.39 Å². The van der Waals surface area contributed by atoms with E-state index in [1.807, 2.05) is 22.6 Å². The maximum absolute atomic E-state index is 13.2. The second-order valence-corrected chi connectivity index (χ2v) is 5.30. The Morgan fingerprint density at radius 1 is 1.26 bits per heavy atom. The number of benzene rings is 2. The molecule has 5 heteroatoms. The molecule has 0 heterocycles. The molecule has 0 unspecified atom stereocenters. The first kappa shape index (κ1) is 13.8. The first-order chi connectivity index (χ1) is 8.95. The van der Waals surface area contributed by atoms with Crippen LogP contribution in [-0.2, 0) is 0 Å². The fraction of sp³-hybridized carbons (Fsp3) is 0.0714. The molecule has 1 amide bonds. The standard InChI is InChI=1S/C14H11FINO2/c1-8-4-10(15)7-11(5-8)17-14(19)9-2-3-12(16)13(18)6-9/h2-7,18H,1H3,(H,17,19). The van der Waals surface area contributed by atoms with Gasteiger partial charge in [0.05, 0.1) is 3.57 Å². The second kappa shape index (κ2) is 5.56. The monoisotopic (exact) mass is 371 g/mol. The lowest BCUT2D eigenvalue weighted by atomic mass is 10.1. The lowest BCUT2D eigenvalue weighted by Gasteiger charge is -2.07. The van der Waals surface area contributed by atoms with Gasteiger partial charge in [0, 0.05) is 11.3 Å². The molecular weight excluding hydrogens is 360 g/mol. The molecule has 0 aliphatic carbocycles. The smallest absolute Gasteiger partial charge is 0.255 e. The molecule has 0 aliphatic rings. The average Bonchev–Trinajstić information content (AvgIpc) is 2.31. The fourth-order valence-corrected chi connectivity index (χ4v) is 2.00. The molecule has 0 radical (unpaired) electrons. The minimum Gasteiger partial charge on any atom is -0.507 e. The van der Waals surface area contributed by atoms with E-state index in [9.17, 15) is 14.3 Å². The van der Waals surface area contributed by atoms with Gasteiger partial charge in [0.2, 0.25) is 0 Å². The summed E-state index contributed by atoms with van der Waals surface area (Å²) in [6.45, 7) is 1.75. The number of aromatic hydroxyl groups is 1. The van der Waals surface area contributed by atoms with E-state index in [2.05, 4.69) is 5.32 Å². The van der Waals surface area contributed by atoms with Gasteiger partial charge in [-0.1, -0.05) is 0 Å². The Morgan fingerprint density at radius 2 is 2.00 bits per heavy atom. The Bertz CT molecular complexity index is 623. The van der Waals surface area contributed by atoms with Crippen molar-refractivity contribution in [3.8, 4) is 5.75 Å². The molecule has 19 heavy (non-hydrogen) atoms. The number of amides is 1. The Hall–Kier alpha value is -1.63. The van der Waals surface area contributed by atoms with Crippen molar-refractivity contribution in [1.29, 1.82) is 0 Å². The van der Waals surface area contributed by atoms with E-state index in [-0.39, 0.29) is 5.75 Å². The summed E-state index contributed by atoms with van der Waals surface area (Å²) in [5.74, 6) is -0.749. The van der Waals surface area contributed by atoms with E-state index >= 15 is 0 Å². The quantitative estimate of drug-likeness (QED) is 0.792. The molecule has 2 aromatic rings. The molecule has 0 bridgehead atoms. The van der Waals surface area contributed by atoms with E-state index in [1.54, 1.807) is 25.1 Å². The van der Waals surface area contributed by atoms with Crippen molar-refractivity contribution in [3.63, 3.8) is 0 Å². The third kappa shape index (κ3) is 3.44. The highest BCUT2D eigenvalue weighted by atomic mass is 127. The minimum atomic E-state index is -0.402. The lowest BCUT2D eigenvalue weighted by molar-refractivity contribution is 0.102. The summed E-state index contributed by atoms with van der Waals surface area (Å²) in [6, 6.07) is 8.92. The van der Waals surface area contributed by atoms with Crippen LogP contribution in [0, 0.1) is 16.3 Å². The van der Waals surface area contributed by atoms with Crippen LogP contribution in [0.2, 0.25) is 0 Å². The lowest BCUT2D eigenvalue weighted by Crippen LogP contribution is -2.12. The van der Waals surface area contributed by atoms with Crippen LogP contribution in [0.15, 0.2) is 36.4 Å². The minimum absolute atomic E-state index is 0.0451. The zero-order valence-electron chi connectivity index (χ0n) is 10.1. The zero-order valence-corrected chi connectivity index (χ0v) is 12.2. The Balaban J connectivity index is 2.22. The van der Waals surface area contributed by atoms with Crippen LogP contribution in [0.1, 0.15) is 15.9 Å². The second-order valence-electron chi connectivity index (χ2n) is 4.14. The normalized spacial score (nSPS) is 10.3. The van der Waals surface area contributed by atoms with E-state index in [4.69, 9.17) is 0 Å². The number of phenolic OH excluding ortho intramolecular Hbond substituents is 1. The van der Waals surface area contributed by atoms with Crippen molar-refractivity contribution in [3.05, 3.63) is 56.9 Å². The summed E-state index contributed by atoms with van der Waals surface area (Å²) < 4.78 is 13.9. The van der Waals surface area contributed by atoms with Gasteiger partial charge in [-0.15, -0.1) is 0 Å². The highest BCUT2D eigenvalue weighted by molar-refractivity contribution is 14.1. The topological polar surface area (TPSA) is 49.3 Å². The van der Waals surface area contributed by atoms with Gasteiger partial charge in [0.15, 0.2) is 0 Å². The van der Waals surface area contributed by atoms with Gasteiger partial charge < -0.3 is 10.4 Å². The van der Waals surface area contributed by atoms with Crippen molar-refractivity contribution < 1.29 is 14.3 Å². The summed E-state index contributed by atoms with van der Waals surface area (Å²) >= 11 is 1.97. The molecule has 0 saturated heterocycles. The number of hydrogen-bond donors (Lipinski definition) is 2. The van der Waals surface area contributed by atoms with Crippen LogP contribution < -0.4 is 5.32 Å². The fourth-order valence-electron chi connectivity index (χ4n) is 1.67. The summed E-state index contributed by atoms with van der Waals surface area (Å²) in [5.41, 5.74) is 1.43. The van der Waals surface area contributed by atoms with Gasteiger partial charge in [-0.2, -0.15) is 0 Å². The summed E-state index contributed by atoms with van der Waals surface area (Å²) in [7, 11) is 0. The molecule has 2 N–H and O–H groups in total. The molecule has 0 saturated carbocycles. The van der Waals surface area contributed by atoms with E-state index in [0.29, 0.717) is 14.8 Å². The van der Waals surface area contributed by atoms with Crippen molar-refractivity contribution in [2.45, 2.75) is 6.92 Å². The molecule has 0 aliphatic heterocycles. The zero-order chi connectivity index (χ0) is 14.0. The van der Waals surface area contributed by atoms with Crippen molar-refractivity contribution in [2.75, 3.05) is 5.32 Å². The molecule has 0 fully saturated rings. The first-order valence-electron chi connectivity index (χ1n) is 5.53. The van der Waals surface area contributed by atoms with Gasteiger partial charge in [-0.3, -0.25) is 4.79 Å². The SMILES string of the molecule is Cc1cc(F)cc(NC(=O)c2ccc(I)c(O)c2)c1. The number of carbonyl (C=O) groups is 1. The Morgan fingerprint density at radius 3 is 2.63 bits per heavy atom. The average molecular weight is 371 g/mol. The third-order valence-corrected chi connectivity index (χ3v) is 3.42. The highest BCUT2D eigenvalue weighted by Gasteiger charge is 2.09. The Kier molecular flexibility index (Phi) is 4.04. The molecule has 0 spiro atoms. The maximum Gasteiger partial charge on any atom is 0.255 e. The van der Waals surface area contributed by atoms with Gasteiger partial charge in [-0.05, 0) is 71.5 Å². The molecule has 2 rings (SSSR count). The molecule has 0 aromatic heterocycles. The summed E-state index contributed by atoms with van der Waals surface area (Å²) in [4.78, 5) is 12.0. The number of anilines is 1. The number of aryl methyl sites for hydroxylation is 1. The first-order valence-corrected chi connectivity index (χ1v) is 6.60. The van der Waals surface area contributed by atoms with Crippen LogP contribution in [0.25, 0.3) is 0 Å². The largest absolute Gasteiger partial charge is 0.507 e. The van der Waals surface area contributed by atoms with E-state index in [1.165, 1.54) is 18.2 Å². The molecular formula is C14H11FINO2.